The normalized spacial score (nSPS) is 21.9. The number of hydrogen-bond donors (Lipinski definition) is 4. The highest BCUT2D eigenvalue weighted by Crippen LogP contribution is 2.19. The summed E-state index contributed by atoms with van der Waals surface area (Å²) < 4.78 is 13.2. The third kappa shape index (κ3) is 7.59. The van der Waals surface area contributed by atoms with E-state index < -0.39 is 0 Å². The summed E-state index contributed by atoms with van der Waals surface area (Å²) in [5, 5.41) is 5.80. The molecule has 1 aliphatic heterocycles. The Bertz CT molecular complexity index is 729. The maximum Gasteiger partial charge on any atom is 0.279 e. The summed E-state index contributed by atoms with van der Waals surface area (Å²) in [6.45, 7) is 5.06. The van der Waals surface area contributed by atoms with Gasteiger partial charge in [0.25, 0.3) is 11.8 Å². The van der Waals surface area contributed by atoms with E-state index in [0.29, 0.717) is 18.8 Å². The lowest BCUT2D eigenvalue weighted by Crippen LogP contribution is -3.28. The Labute approximate surface area is 172 Å². The fourth-order valence-corrected chi connectivity index (χ4v) is 4.09. The number of benzene rings is 1. The molecule has 4 N–H and O–H groups in total. The van der Waals surface area contributed by atoms with Gasteiger partial charge in [0.05, 0.1) is 0 Å². The quantitative estimate of drug-likeness (QED) is 0.444. The average Bonchev–Trinajstić information content (AvgIpc) is 2.70. The summed E-state index contributed by atoms with van der Waals surface area (Å²) in [6, 6.07) is 5.93. The molecule has 0 atom stereocenters. The Balaban J connectivity index is 1.30. The molecule has 0 saturated carbocycles. The third-order valence-electron chi connectivity index (χ3n) is 5.75. The monoisotopic (exact) mass is 404 g/mol. The first kappa shape index (κ1) is 21.5. The number of nitrogens with one attached hydrogen (secondary N) is 4. The largest absolute Gasteiger partial charge is 0.351 e. The molecule has 6 nitrogen and oxygen atoms in total. The minimum Gasteiger partial charge on any atom is -0.351 e. The summed E-state index contributed by atoms with van der Waals surface area (Å²) >= 11 is 0. The van der Waals surface area contributed by atoms with Gasteiger partial charge in [-0.1, -0.05) is 17.7 Å². The van der Waals surface area contributed by atoms with Crippen molar-refractivity contribution in [2.75, 3.05) is 51.1 Å². The number of carbonyl (C=O) groups excluding carboxylic acids is 2. The first-order valence-corrected chi connectivity index (χ1v) is 10.8. The smallest absolute Gasteiger partial charge is 0.279 e. The highest BCUT2D eigenvalue weighted by Gasteiger charge is 2.26. The number of carbonyl (C=O) groups is 2. The summed E-state index contributed by atoms with van der Waals surface area (Å²) in [5.41, 5.74) is 1.97. The van der Waals surface area contributed by atoms with Crippen molar-refractivity contribution in [1.82, 2.24) is 5.32 Å². The molecule has 1 fully saturated rings. The van der Waals surface area contributed by atoms with E-state index in [1.165, 1.54) is 53.2 Å². The van der Waals surface area contributed by atoms with Gasteiger partial charge in [0, 0.05) is 12.2 Å². The zero-order valence-corrected chi connectivity index (χ0v) is 17.1. The van der Waals surface area contributed by atoms with Gasteiger partial charge in [-0.15, -0.1) is 0 Å². The first-order chi connectivity index (χ1) is 14.1. The van der Waals surface area contributed by atoms with Crippen LogP contribution in [-0.2, 0) is 9.59 Å². The second-order valence-electron chi connectivity index (χ2n) is 8.12. The van der Waals surface area contributed by atoms with E-state index in [-0.39, 0.29) is 17.6 Å². The van der Waals surface area contributed by atoms with E-state index in [1.54, 1.807) is 12.1 Å². The second kappa shape index (κ2) is 11.1. The molecule has 1 aromatic carbocycles. The van der Waals surface area contributed by atoms with Crippen LogP contribution in [0.1, 0.15) is 32.1 Å². The molecule has 29 heavy (non-hydrogen) atoms. The van der Waals surface area contributed by atoms with Crippen molar-refractivity contribution >= 4 is 17.5 Å². The number of piperazine rings is 1. The fourth-order valence-electron chi connectivity index (χ4n) is 4.09. The molecular weight excluding hydrogens is 371 g/mol. The van der Waals surface area contributed by atoms with E-state index in [2.05, 4.69) is 16.7 Å². The molecule has 1 saturated heterocycles. The molecule has 1 aromatic rings. The van der Waals surface area contributed by atoms with Crippen molar-refractivity contribution in [1.29, 1.82) is 0 Å². The number of hydrogen-bond acceptors (Lipinski definition) is 2. The summed E-state index contributed by atoms with van der Waals surface area (Å²) in [7, 11) is 0. The topological polar surface area (TPSA) is 67.1 Å². The first-order valence-electron chi connectivity index (χ1n) is 10.8. The lowest BCUT2D eigenvalue weighted by Gasteiger charge is -2.29. The van der Waals surface area contributed by atoms with E-state index in [1.807, 2.05) is 0 Å². The number of allylic oxidation sites excluding steroid dienone is 1. The number of anilines is 1. The van der Waals surface area contributed by atoms with Gasteiger partial charge in [-0.25, -0.2) is 4.39 Å². The van der Waals surface area contributed by atoms with E-state index in [4.69, 9.17) is 0 Å². The summed E-state index contributed by atoms with van der Waals surface area (Å²) in [5.74, 6) is -0.353. The SMILES string of the molecule is O=C(C[NH+]1CC[NH+](CC(=O)Nc2cccc(F)c2)CC1)NCCC1=CCCCC1. The van der Waals surface area contributed by atoms with Crippen LogP contribution >= 0.6 is 0 Å². The minimum absolute atomic E-state index is 0.108. The molecule has 0 bridgehead atoms. The maximum atomic E-state index is 13.2. The Hall–Kier alpha value is -2.25. The van der Waals surface area contributed by atoms with Crippen molar-refractivity contribution in [2.45, 2.75) is 32.1 Å². The van der Waals surface area contributed by atoms with Gasteiger partial charge in [-0.05, 0) is 50.3 Å². The van der Waals surface area contributed by atoms with Crippen LogP contribution in [0.5, 0.6) is 0 Å². The fraction of sp³-hybridized carbons (Fsp3) is 0.545. The van der Waals surface area contributed by atoms with Gasteiger partial charge in [0.15, 0.2) is 13.1 Å². The van der Waals surface area contributed by atoms with Crippen LogP contribution in [0.3, 0.4) is 0 Å². The van der Waals surface area contributed by atoms with Gasteiger partial charge in [0.1, 0.15) is 32.0 Å². The molecule has 0 spiro atoms. The standard InChI is InChI=1S/C22H31FN4O2/c23-19-7-4-8-20(15-19)25-22(29)17-27-13-11-26(12-14-27)16-21(28)24-10-9-18-5-2-1-3-6-18/h4-5,7-8,15H,1-3,6,9-14,16-17H2,(H,24,28)(H,25,29)/p+2. The number of rotatable bonds is 8. The Morgan fingerprint density at radius 3 is 2.38 bits per heavy atom. The van der Waals surface area contributed by atoms with E-state index in [9.17, 15) is 14.0 Å². The van der Waals surface area contributed by atoms with Crippen LogP contribution in [0.15, 0.2) is 35.9 Å². The second-order valence-corrected chi connectivity index (χ2v) is 8.12. The van der Waals surface area contributed by atoms with Crippen LogP contribution in [-0.4, -0.2) is 57.6 Å². The Kier molecular flexibility index (Phi) is 8.19. The highest BCUT2D eigenvalue weighted by atomic mass is 19.1. The Morgan fingerprint density at radius 1 is 1.00 bits per heavy atom. The number of halogens is 1. The zero-order chi connectivity index (χ0) is 20.5. The van der Waals surface area contributed by atoms with Crippen molar-refractivity contribution in [3.05, 3.63) is 41.7 Å². The van der Waals surface area contributed by atoms with Gasteiger partial charge in [0.2, 0.25) is 0 Å². The van der Waals surface area contributed by atoms with Crippen LogP contribution < -0.4 is 20.4 Å². The molecule has 0 unspecified atom stereocenters. The molecule has 2 amide bonds. The van der Waals surface area contributed by atoms with Crippen molar-refractivity contribution in [2.24, 2.45) is 0 Å². The Morgan fingerprint density at radius 2 is 1.72 bits per heavy atom. The minimum atomic E-state index is -0.360. The van der Waals surface area contributed by atoms with Crippen molar-refractivity contribution in [3.63, 3.8) is 0 Å². The van der Waals surface area contributed by atoms with Gasteiger partial charge < -0.3 is 20.4 Å². The molecular formula is C22H33FN4O2+2. The van der Waals surface area contributed by atoms with Gasteiger partial charge >= 0.3 is 0 Å². The predicted molar refractivity (Wildman–Crippen MR) is 110 cm³/mol. The van der Waals surface area contributed by atoms with Crippen molar-refractivity contribution in [3.8, 4) is 0 Å². The lowest BCUT2D eigenvalue weighted by atomic mass is 9.97. The molecule has 2 aliphatic rings. The molecule has 0 aromatic heterocycles. The highest BCUT2D eigenvalue weighted by molar-refractivity contribution is 5.91. The summed E-state index contributed by atoms with van der Waals surface area (Å²) in [4.78, 5) is 26.8. The van der Waals surface area contributed by atoms with Crippen LogP contribution in [0.2, 0.25) is 0 Å². The van der Waals surface area contributed by atoms with Crippen LogP contribution in [0.25, 0.3) is 0 Å². The molecule has 1 heterocycles. The van der Waals surface area contributed by atoms with Crippen LogP contribution in [0, 0.1) is 5.82 Å². The molecule has 3 rings (SSSR count). The third-order valence-corrected chi connectivity index (χ3v) is 5.75. The van der Waals surface area contributed by atoms with Crippen molar-refractivity contribution < 1.29 is 23.8 Å². The maximum absolute atomic E-state index is 13.2. The number of amides is 2. The molecule has 1 aliphatic carbocycles. The number of quaternary nitrogens is 2. The average molecular weight is 405 g/mol. The molecule has 7 heteroatoms. The van der Waals surface area contributed by atoms with E-state index >= 15 is 0 Å². The summed E-state index contributed by atoms with van der Waals surface area (Å²) in [6.07, 6.45) is 8.22. The van der Waals surface area contributed by atoms with Crippen LogP contribution in [0.4, 0.5) is 10.1 Å². The zero-order valence-electron chi connectivity index (χ0n) is 17.1. The predicted octanol–water partition coefficient (Wildman–Crippen LogP) is -0.446. The molecule has 0 radical (unpaired) electrons. The molecule has 158 valence electrons. The lowest BCUT2D eigenvalue weighted by molar-refractivity contribution is -1.00. The van der Waals surface area contributed by atoms with Gasteiger partial charge in [-0.2, -0.15) is 0 Å². The van der Waals surface area contributed by atoms with E-state index in [0.717, 1.165) is 39.1 Å². The van der Waals surface area contributed by atoms with Gasteiger partial charge in [-0.3, -0.25) is 9.59 Å².